The number of nitrogens with zero attached hydrogens (tertiary/aromatic N) is 1. The molecule has 0 fully saturated rings. The Bertz CT molecular complexity index is 424. The molecule has 0 bridgehead atoms. The largest absolute Gasteiger partial charge is 0.383 e. The first-order valence-corrected chi connectivity index (χ1v) is 5.09. The lowest BCUT2D eigenvalue weighted by atomic mass is 10.1. The van der Waals surface area contributed by atoms with Gasteiger partial charge in [-0.15, -0.1) is 0 Å². The maximum absolute atomic E-state index is 5.77. The van der Waals surface area contributed by atoms with Crippen molar-refractivity contribution in [3.63, 3.8) is 0 Å². The lowest BCUT2D eigenvalue weighted by Crippen LogP contribution is -1.98. The summed E-state index contributed by atoms with van der Waals surface area (Å²) in [6.07, 6.45) is 3.68. The molecule has 2 heteroatoms. The fourth-order valence-corrected chi connectivity index (χ4v) is 1.59. The summed E-state index contributed by atoms with van der Waals surface area (Å²) in [5, 5.41) is 0. The average Bonchev–Trinajstić information content (AvgIpc) is 2.29. The highest BCUT2D eigenvalue weighted by molar-refractivity contribution is 5.38. The summed E-state index contributed by atoms with van der Waals surface area (Å²) in [6.45, 7) is 0. The Morgan fingerprint density at radius 1 is 0.933 bits per heavy atom. The zero-order chi connectivity index (χ0) is 10.5. The highest BCUT2D eigenvalue weighted by atomic mass is 14.8. The minimum Gasteiger partial charge on any atom is -0.383 e. The minimum atomic E-state index is 0.647. The number of hydrogen-bond acceptors (Lipinski definition) is 2. The monoisotopic (exact) mass is 198 g/mol. The molecule has 0 atom stereocenters. The van der Waals surface area contributed by atoms with Gasteiger partial charge in [-0.1, -0.05) is 36.4 Å². The number of nitrogens with two attached hydrogens (primary N) is 1. The lowest BCUT2D eigenvalue weighted by molar-refractivity contribution is 0.954. The summed E-state index contributed by atoms with van der Waals surface area (Å²) in [6, 6.07) is 14.4. The van der Waals surface area contributed by atoms with Crippen LogP contribution in [-0.4, -0.2) is 4.98 Å². The van der Waals surface area contributed by atoms with Gasteiger partial charge in [0.25, 0.3) is 0 Å². The third-order valence-corrected chi connectivity index (χ3v) is 2.45. The van der Waals surface area contributed by atoms with Crippen molar-refractivity contribution in [1.29, 1.82) is 0 Å². The van der Waals surface area contributed by atoms with Crippen molar-refractivity contribution in [2.45, 2.75) is 12.8 Å². The Morgan fingerprint density at radius 3 is 2.47 bits per heavy atom. The van der Waals surface area contributed by atoms with Crippen LogP contribution in [0.25, 0.3) is 0 Å². The highest BCUT2D eigenvalue weighted by Crippen LogP contribution is 2.11. The van der Waals surface area contributed by atoms with E-state index in [1.54, 1.807) is 6.20 Å². The van der Waals surface area contributed by atoms with Crippen LogP contribution in [0.1, 0.15) is 11.1 Å². The van der Waals surface area contributed by atoms with Gasteiger partial charge in [0, 0.05) is 6.20 Å². The average molecular weight is 198 g/mol. The van der Waals surface area contributed by atoms with Gasteiger partial charge in [0.1, 0.15) is 5.82 Å². The van der Waals surface area contributed by atoms with Crippen LogP contribution >= 0.6 is 0 Å². The highest BCUT2D eigenvalue weighted by Gasteiger charge is 1.99. The van der Waals surface area contributed by atoms with Crippen LogP contribution in [0.15, 0.2) is 48.7 Å². The second-order valence-corrected chi connectivity index (χ2v) is 3.53. The molecule has 1 aromatic heterocycles. The van der Waals surface area contributed by atoms with Crippen molar-refractivity contribution < 1.29 is 0 Å². The molecule has 2 aromatic rings. The summed E-state index contributed by atoms with van der Waals surface area (Å²) in [5.74, 6) is 0.647. The van der Waals surface area contributed by atoms with Gasteiger partial charge in [-0.25, -0.2) is 4.98 Å². The summed E-state index contributed by atoms with van der Waals surface area (Å²) in [5.41, 5.74) is 8.23. The molecule has 0 saturated carbocycles. The molecule has 0 amide bonds. The number of benzene rings is 1. The van der Waals surface area contributed by atoms with Gasteiger partial charge >= 0.3 is 0 Å². The Labute approximate surface area is 89.8 Å². The number of rotatable bonds is 3. The molecule has 0 unspecified atom stereocenters. The summed E-state index contributed by atoms with van der Waals surface area (Å²) < 4.78 is 0. The molecule has 2 nitrogen and oxygen atoms in total. The molecule has 0 saturated heterocycles. The van der Waals surface area contributed by atoms with E-state index in [0.29, 0.717) is 5.82 Å². The summed E-state index contributed by atoms with van der Waals surface area (Å²) in [7, 11) is 0. The van der Waals surface area contributed by atoms with Gasteiger partial charge < -0.3 is 5.73 Å². The normalized spacial score (nSPS) is 10.1. The Morgan fingerprint density at radius 2 is 1.73 bits per heavy atom. The summed E-state index contributed by atoms with van der Waals surface area (Å²) >= 11 is 0. The van der Waals surface area contributed by atoms with Gasteiger partial charge in [0.05, 0.1) is 0 Å². The van der Waals surface area contributed by atoms with E-state index in [0.717, 1.165) is 18.4 Å². The fraction of sp³-hybridized carbons (Fsp3) is 0.154. The van der Waals surface area contributed by atoms with Crippen LogP contribution in [0.3, 0.4) is 0 Å². The van der Waals surface area contributed by atoms with Crippen molar-refractivity contribution >= 4 is 5.82 Å². The van der Waals surface area contributed by atoms with E-state index in [-0.39, 0.29) is 0 Å². The van der Waals surface area contributed by atoms with Crippen molar-refractivity contribution in [3.8, 4) is 0 Å². The van der Waals surface area contributed by atoms with E-state index < -0.39 is 0 Å². The van der Waals surface area contributed by atoms with Crippen LogP contribution in [0.4, 0.5) is 5.82 Å². The topological polar surface area (TPSA) is 38.9 Å². The Kier molecular flexibility index (Phi) is 2.98. The zero-order valence-corrected chi connectivity index (χ0v) is 8.56. The third kappa shape index (κ3) is 2.56. The first kappa shape index (κ1) is 9.71. The number of hydrogen-bond donors (Lipinski definition) is 1. The molecule has 1 aromatic carbocycles. The van der Waals surface area contributed by atoms with Crippen molar-refractivity contribution in [2.75, 3.05) is 5.73 Å². The standard InChI is InChI=1S/C13H14N2/c14-13-12(7-4-10-15-13)9-8-11-5-2-1-3-6-11/h1-7,10H,8-9H2,(H2,14,15). The minimum absolute atomic E-state index is 0.647. The van der Waals surface area contributed by atoms with Crippen molar-refractivity contribution in [1.82, 2.24) is 4.98 Å². The van der Waals surface area contributed by atoms with Gasteiger partial charge in [-0.2, -0.15) is 0 Å². The fourth-order valence-electron chi connectivity index (χ4n) is 1.59. The van der Waals surface area contributed by atoms with Gasteiger partial charge in [-0.3, -0.25) is 0 Å². The number of aryl methyl sites for hydroxylation is 2. The van der Waals surface area contributed by atoms with Crippen LogP contribution in [0, 0.1) is 0 Å². The lowest BCUT2D eigenvalue weighted by Gasteiger charge is -2.04. The molecule has 2 rings (SSSR count). The van der Waals surface area contributed by atoms with Gasteiger partial charge in [0.15, 0.2) is 0 Å². The predicted molar refractivity (Wildman–Crippen MR) is 62.5 cm³/mol. The first-order chi connectivity index (χ1) is 7.36. The molecule has 76 valence electrons. The molecule has 2 N–H and O–H groups in total. The molecule has 0 spiro atoms. The molecular formula is C13H14N2. The molecule has 0 aliphatic rings. The smallest absolute Gasteiger partial charge is 0.126 e. The Balaban J connectivity index is 2.03. The number of anilines is 1. The van der Waals surface area contributed by atoms with E-state index >= 15 is 0 Å². The Hall–Kier alpha value is -1.83. The third-order valence-electron chi connectivity index (χ3n) is 2.45. The van der Waals surface area contributed by atoms with Crippen LogP contribution in [-0.2, 0) is 12.8 Å². The van der Waals surface area contributed by atoms with Crippen molar-refractivity contribution in [2.24, 2.45) is 0 Å². The summed E-state index contributed by atoms with van der Waals surface area (Å²) in [4.78, 5) is 4.07. The van der Waals surface area contributed by atoms with Crippen LogP contribution < -0.4 is 5.73 Å². The van der Waals surface area contributed by atoms with E-state index in [1.807, 2.05) is 18.2 Å². The second-order valence-electron chi connectivity index (χ2n) is 3.53. The van der Waals surface area contributed by atoms with E-state index in [9.17, 15) is 0 Å². The molecule has 1 heterocycles. The van der Waals surface area contributed by atoms with Gasteiger partial charge in [-0.05, 0) is 30.0 Å². The maximum atomic E-state index is 5.77. The number of pyridine rings is 1. The molecule has 15 heavy (non-hydrogen) atoms. The van der Waals surface area contributed by atoms with Crippen molar-refractivity contribution in [3.05, 3.63) is 59.8 Å². The van der Waals surface area contributed by atoms with Crippen LogP contribution in [0.5, 0.6) is 0 Å². The maximum Gasteiger partial charge on any atom is 0.126 e. The zero-order valence-electron chi connectivity index (χ0n) is 8.56. The van der Waals surface area contributed by atoms with E-state index in [2.05, 4.69) is 29.2 Å². The second kappa shape index (κ2) is 4.60. The number of nitrogen functional groups attached to an aromatic ring is 1. The molecule has 0 aliphatic heterocycles. The van der Waals surface area contributed by atoms with E-state index in [4.69, 9.17) is 5.73 Å². The SMILES string of the molecule is Nc1ncccc1CCc1ccccc1. The molecule has 0 aliphatic carbocycles. The van der Waals surface area contributed by atoms with E-state index in [1.165, 1.54) is 5.56 Å². The molecular weight excluding hydrogens is 184 g/mol. The van der Waals surface area contributed by atoms with Crippen LogP contribution in [0.2, 0.25) is 0 Å². The van der Waals surface area contributed by atoms with Gasteiger partial charge in [0.2, 0.25) is 0 Å². The predicted octanol–water partition coefficient (Wildman–Crippen LogP) is 2.45. The quantitative estimate of drug-likeness (QED) is 0.822. The number of aromatic nitrogens is 1. The molecule has 0 radical (unpaired) electrons. The first-order valence-electron chi connectivity index (χ1n) is 5.09.